The van der Waals surface area contributed by atoms with Crippen molar-refractivity contribution >= 4 is 5.91 Å². The van der Waals surface area contributed by atoms with E-state index in [1.807, 2.05) is 0 Å². The number of aliphatic hydroxyl groups is 1. The molecule has 0 aromatic carbocycles. The van der Waals surface area contributed by atoms with E-state index in [0.29, 0.717) is 19.4 Å². The van der Waals surface area contributed by atoms with E-state index >= 15 is 0 Å². The number of methoxy groups -OCH3 is 1. The Bertz CT molecular complexity index is 212. The van der Waals surface area contributed by atoms with E-state index in [-0.39, 0.29) is 18.6 Å². The van der Waals surface area contributed by atoms with Crippen LogP contribution in [0.15, 0.2) is 0 Å². The van der Waals surface area contributed by atoms with Crippen molar-refractivity contribution in [3.8, 4) is 0 Å². The Morgan fingerprint density at radius 1 is 1.47 bits per heavy atom. The lowest BCUT2D eigenvalue weighted by atomic mass is 10.2. The zero-order valence-electron chi connectivity index (χ0n) is 10.7. The third-order valence-electron chi connectivity index (χ3n) is 3.06. The molecule has 0 aromatic rings. The van der Waals surface area contributed by atoms with Gasteiger partial charge >= 0.3 is 0 Å². The maximum absolute atomic E-state index is 11.7. The largest absolute Gasteiger partial charge is 0.396 e. The van der Waals surface area contributed by atoms with Gasteiger partial charge in [-0.15, -0.1) is 0 Å². The van der Waals surface area contributed by atoms with Crippen molar-refractivity contribution in [3.05, 3.63) is 0 Å². The van der Waals surface area contributed by atoms with Crippen molar-refractivity contribution in [1.82, 2.24) is 10.2 Å². The number of likely N-dealkylation sites (tertiary alicyclic amines) is 1. The van der Waals surface area contributed by atoms with Crippen LogP contribution in [0, 0.1) is 0 Å². The predicted molar refractivity (Wildman–Crippen MR) is 65.8 cm³/mol. The molecular formula is C12H24N2O3. The molecule has 1 saturated heterocycles. The molecule has 0 spiro atoms. The number of nitrogens with zero attached hydrogens (tertiary/aromatic N) is 1. The second kappa shape index (κ2) is 8.44. The highest BCUT2D eigenvalue weighted by Gasteiger charge is 2.15. The van der Waals surface area contributed by atoms with Crippen LogP contribution >= 0.6 is 0 Å². The Morgan fingerprint density at radius 3 is 2.76 bits per heavy atom. The third kappa shape index (κ3) is 6.00. The van der Waals surface area contributed by atoms with Gasteiger partial charge in [0, 0.05) is 26.7 Å². The first kappa shape index (κ1) is 14.4. The number of carbonyl (C=O) groups excluding carboxylic acids is 1. The van der Waals surface area contributed by atoms with Gasteiger partial charge in [0.25, 0.3) is 0 Å². The summed E-state index contributed by atoms with van der Waals surface area (Å²) in [5.41, 5.74) is 0. The van der Waals surface area contributed by atoms with Gasteiger partial charge in [-0.25, -0.2) is 0 Å². The van der Waals surface area contributed by atoms with Gasteiger partial charge in [0.2, 0.25) is 5.91 Å². The summed E-state index contributed by atoms with van der Waals surface area (Å²) in [7, 11) is 1.60. The molecule has 0 aromatic heterocycles. The maximum atomic E-state index is 11.7. The Morgan fingerprint density at radius 2 is 2.18 bits per heavy atom. The molecule has 0 saturated carbocycles. The highest BCUT2D eigenvalue weighted by atomic mass is 16.5. The highest BCUT2D eigenvalue weighted by molar-refractivity contribution is 5.76. The molecule has 2 N–H and O–H groups in total. The predicted octanol–water partition coefficient (Wildman–Crippen LogP) is -0.0141. The van der Waals surface area contributed by atoms with Crippen molar-refractivity contribution < 1.29 is 14.6 Å². The first-order valence-electron chi connectivity index (χ1n) is 6.37. The normalized spacial score (nSPS) is 18.2. The summed E-state index contributed by atoms with van der Waals surface area (Å²) in [6.07, 6.45) is 3.58. The van der Waals surface area contributed by atoms with Crippen LogP contribution in [0.1, 0.15) is 25.7 Å². The Balaban J connectivity index is 2.16. The quantitative estimate of drug-likeness (QED) is 0.630. The summed E-state index contributed by atoms with van der Waals surface area (Å²) in [5, 5.41) is 11.8. The number of rotatable bonds is 8. The van der Waals surface area contributed by atoms with Crippen LogP contribution in [0.5, 0.6) is 0 Å². The van der Waals surface area contributed by atoms with Crippen molar-refractivity contribution in [1.29, 1.82) is 0 Å². The molecule has 1 amide bonds. The molecule has 0 radical (unpaired) electrons. The lowest BCUT2D eigenvalue weighted by Crippen LogP contribution is -2.40. The van der Waals surface area contributed by atoms with E-state index < -0.39 is 0 Å². The van der Waals surface area contributed by atoms with Crippen LogP contribution in [0.2, 0.25) is 0 Å². The van der Waals surface area contributed by atoms with Gasteiger partial charge in [-0.2, -0.15) is 0 Å². The summed E-state index contributed by atoms with van der Waals surface area (Å²) in [4.78, 5) is 14.0. The van der Waals surface area contributed by atoms with Crippen molar-refractivity contribution in [3.63, 3.8) is 0 Å². The van der Waals surface area contributed by atoms with Crippen LogP contribution in [0.25, 0.3) is 0 Å². The van der Waals surface area contributed by atoms with E-state index in [0.717, 1.165) is 19.6 Å². The molecule has 1 rings (SSSR count). The summed E-state index contributed by atoms with van der Waals surface area (Å²) in [6, 6.07) is -0.0731. The molecule has 17 heavy (non-hydrogen) atoms. The summed E-state index contributed by atoms with van der Waals surface area (Å²) >= 11 is 0. The van der Waals surface area contributed by atoms with E-state index in [1.54, 1.807) is 7.11 Å². The van der Waals surface area contributed by atoms with Crippen LogP contribution in [-0.4, -0.2) is 61.9 Å². The molecule has 1 unspecified atom stereocenters. The first-order chi connectivity index (χ1) is 8.26. The average molecular weight is 244 g/mol. The molecule has 100 valence electrons. The second-order valence-electron chi connectivity index (χ2n) is 4.53. The van der Waals surface area contributed by atoms with Gasteiger partial charge in [0.1, 0.15) is 0 Å². The molecule has 1 fully saturated rings. The standard InChI is InChI=1S/C12H24N2O3/c1-17-10-11(5-9-15)13-12(16)4-8-14-6-2-3-7-14/h11,15H,2-10H2,1H3,(H,13,16). The molecule has 5 heteroatoms. The SMILES string of the molecule is COCC(CCO)NC(=O)CCN1CCCC1. The van der Waals surface area contributed by atoms with Gasteiger partial charge in [0.05, 0.1) is 12.6 Å². The number of hydrogen-bond acceptors (Lipinski definition) is 4. The van der Waals surface area contributed by atoms with E-state index in [2.05, 4.69) is 10.2 Å². The fraction of sp³-hybridized carbons (Fsp3) is 0.917. The zero-order valence-corrected chi connectivity index (χ0v) is 10.7. The number of aliphatic hydroxyl groups excluding tert-OH is 1. The lowest BCUT2D eigenvalue weighted by Gasteiger charge is -2.18. The fourth-order valence-corrected chi connectivity index (χ4v) is 2.12. The topological polar surface area (TPSA) is 61.8 Å². The van der Waals surface area contributed by atoms with E-state index in [1.165, 1.54) is 12.8 Å². The van der Waals surface area contributed by atoms with Crippen LogP contribution in [-0.2, 0) is 9.53 Å². The molecule has 1 atom stereocenters. The summed E-state index contributed by atoms with van der Waals surface area (Å²) in [5.74, 6) is 0.0485. The minimum Gasteiger partial charge on any atom is -0.396 e. The molecule has 1 aliphatic rings. The number of ether oxygens (including phenoxy) is 1. The van der Waals surface area contributed by atoms with Gasteiger partial charge < -0.3 is 20.1 Å². The smallest absolute Gasteiger partial charge is 0.221 e. The number of amides is 1. The molecule has 0 bridgehead atoms. The number of hydrogen-bond donors (Lipinski definition) is 2. The Labute approximate surface area is 103 Å². The average Bonchev–Trinajstić information content (AvgIpc) is 2.80. The molecular weight excluding hydrogens is 220 g/mol. The minimum absolute atomic E-state index is 0.0485. The van der Waals surface area contributed by atoms with Crippen molar-refractivity contribution in [2.24, 2.45) is 0 Å². The first-order valence-corrected chi connectivity index (χ1v) is 6.37. The minimum atomic E-state index is -0.0731. The fourth-order valence-electron chi connectivity index (χ4n) is 2.12. The number of carbonyl (C=O) groups is 1. The van der Waals surface area contributed by atoms with Gasteiger partial charge in [-0.05, 0) is 32.4 Å². The third-order valence-corrected chi connectivity index (χ3v) is 3.06. The molecule has 1 heterocycles. The van der Waals surface area contributed by atoms with Gasteiger partial charge in [-0.1, -0.05) is 0 Å². The maximum Gasteiger partial charge on any atom is 0.221 e. The van der Waals surface area contributed by atoms with Gasteiger partial charge in [0.15, 0.2) is 0 Å². The van der Waals surface area contributed by atoms with E-state index in [9.17, 15) is 4.79 Å². The number of nitrogens with one attached hydrogen (secondary N) is 1. The Kier molecular flexibility index (Phi) is 7.16. The van der Waals surface area contributed by atoms with Crippen LogP contribution in [0.3, 0.4) is 0 Å². The Hall–Kier alpha value is -0.650. The van der Waals surface area contributed by atoms with Crippen molar-refractivity contribution in [2.75, 3.05) is 40.0 Å². The monoisotopic (exact) mass is 244 g/mol. The van der Waals surface area contributed by atoms with Crippen LogP contribution < -0.4 is 5.32 Å². The van der Waals surface area contributed by atoms with E-state index in [4.69, 9.17) is 9.84 Å². The van der Waals surface area contributed by atoms with Gasteiger partial charge in [-0.3, -0.25) is 4.79 Å². The second-order valence-corrected chi connectivity index (χ2v) is 4.53. The summed E-state index contributed by atoms with van der Waals surface area (Å²) in [6.45, 7) is 3.60. The lowest BCUT2D eigenvalue weighted by molar-refractivity contribution is -0.122. The zero-order chi connectivity index (χ0) is 12.5. The van der Waals surface area contributed by atoms with Crippen molar-refractivity contribution in [2.45, 2.75) is 31.7 Å². The highest BCUT2D eigenvalue weighted by Crippen LogP contribution is 2.07. The molecule has 5 nitrogen and oxygen atoms in total. The van der Waals surface area contributed by atoms with Crippen LogP contribution in [0.4, 0.5) is 0 Å². The molecule has 0 aliphatic carbocycles. The molecule has 1 aliphatic heterocycles. The summed E-state index contributed by atoms with van der Waals surface area (Å²) < 4.78 is 5.00.